The molecule has 0 aromatic heterocycles. The second kappa shape index (κ2) is 5.09. The highest BCUT2D eigenvalue weighted by molar-refractivity contribution is 5.87. The van der Waals surface area contributed by atoms with Crippen molar-refractivity contribution in [3.63, 3.8) is 0 Å². The first-order chi connectivity index (χ1) is 9.21. The van der Waals surface area contributed by atoms with Crippen LogP contribution in [0.15, 0.2) is 0 Å². The molecule has 3 heterocycles. The number of nitrogens with one attached hydrogen (secondary N) is 2. The van der Waals surface area contributed by atoms with Crippen LogP contribution in [0.4, 0.5) is 0 Å². The Hall–Kier alpha value is -1.14. The van der Waals surface area contributed by atoms with Gasteiger partial charge >= 0.3 is 0 Å². The lowest BCUT2D eigenvalue weighted by Crippen LogP contribution is -2.54. The van der Waals surface area contributed by atoms with Gasteiger partial charge in [-0.25, -0.2) is 0 Å². The summed E-state index contributed by atoms with van der Waals surface area (Å²) in [5, 5.41) is 6.12. The number of hydrogen-bond acceptors (Lipinski definition) is 4. The van der Waals surface area contributed by atoms with Crippen molar-refractivity contribution in [1.82, 2.24) is 15.5 Å². The number of amides is 2. The van der Waals surface area contributed by atoms with Crippen molar-refractivity contribution in [2.75, 3.05) is 45.9 Å². The second-order valence-corrected chi connectivity index (χ2v) is 5.77. The number of ether oxygens (including phenoxy) is 1. The zero-order valence-corrected chi connectivity index (χ0v) is 11.1. The van der Waals surface area contributed by atoms with Crippen LogP contribution < -0.4 is 10.6 Å². The minimum Gasteiger partial charge on any atom is -0.381 e. The molecule has 0 aromatic rings. The first-order valence-electron chi connectivity index (χ1n) is 7.05. The van der Waals surface area contributed by atoms with Crippen molar-refractivity contribution in [1.29, 1.82) is 0 Å². The zero-order chi connectivity index (χ0) is 13.3. The minimum atomic E-state index is -0.0495. The van der Waals surface area contributed by atoms with Crippen LogP contribution in [0.1, 0.15) is 12.8 Å². The molecule has 3 saturated heterocycles. The standard InChI is InChI=1S/C13H21N3O3/c17-11-8-16(4-3-15-11)12(18)10-7-14-9-13(10)1-5-19-6-2-13/h10,14H,1-9H2,(H,15,17). The van der Waals surface area contributed by atoms with E-state index in [2.05, 4.69) is 10.6 Å². The van der Waals surface area contributed by atoms with Crippen molar-refractivity contribution >= 4 is 11.8 Å². The maximum atomic E-state index is 12.7. The third kappa shape index (κ3) is 2.34. The molecule has 3 rings (SSSR count). The fraction of sp³-hybridized carbons (Fsp3) is 0.846. The molecule has 1 spiro atoms. The van der Waals surface area contributed by atoms with Crippen LogP contribution in [0.5, 0.6) is 0 Å². The summed E-state index contributed by atoms with van der Waals surface area (Å²) in [6.45, 7) is 4.53. The number of nitrogens with zero attached hydrogens (tertiary/aromatic N) is 1. The van der Waals surface area contributed by atoms with E-state index in [1.54, 1.807) is 4.90 Å². The number of piperazine rings is 1. The van der Waals surface area contributed by atoms with Crippen molar-refractivity contribution in [2.24, 2.45) is 11.3 Å². The first-order valence-corrected chi connectivity index (χ1v) is 7.05. The lowest BCUT2D eigenvalue weighted by Gasteiger charge is -2.39. The van der Waals surface area contributed by atoms with E-state index in [-0.39, 0.29) is 29.7 Å². The maximum Gasteiger partial charge on any atom is 0.239 e. The van der Waals surface area contributed by atoms with Gasteiger partial charge in [0.05, 0.1) is 12.5 Å². The Morgan fingerprint density at radius 2 is 2.16 bits per heavy atom. The van der Waals surface area contributed by atoms with Crippen molar-refractivity contribution < 1.29 is 14.3 Å². The topological polar surface area (TPSA) is 70.7 Å². The van der Waals surface area contributed by atoms with E-state index in [0.29, 0.717) is 13.1 Å². The van der Waals surface area contributed by atoms with E-state index < -0.39 is 0 Å². The summed E-state index contributed by atoms with van der Waals surface area (Å²) in [4.78, 5) is 25.8. The average molecular weight is 267 g/mol. The highest BCUT2D eigenvalue weighted by atomic mass is 16.5. The van der Waals surface area contributed by atoms with Crippen LogP contribution in [0.2, 0.25) is 0 Å². The number of hydrogen-bond donors (Lipinski definition) is 2. The van der Waals surface area contributed by atoms with Crippen molar-refractivity contribution in [2.45, 2.75) is 12.8 Å². The fourth-order valence-corrected chi connectivity index (χ4v) is 3.50. The highest BCUT2D eigenvalue weighted by Crippen LogP contribution is 2.41. The van der Waals surface area contributed by atoms with Gasteiger partial charge in [0.1, 0.15) is 0 Å². The van der Waals surface area contributed by atoms with Gasteiger partial charge in [0, 0.05) is 39.4 Å². The fourth-order valence-electron chi connectivity index (χ4n) is 3.50. The third-order valence-corrected chi connectivity index (χ3v) is 4.70. The van der Waals surface area contributed by atoms with Crippen LogP contribution in [0.3, 0.4) is 0 Å². The van der Waals surface area contributed by atoms with Gasteiger partial charge in [-0.3, -0.25) is 9.59 Å². The number of carbonyl (C=O) groups excluding carboxylic acids is 2. The van der Waals surface area contributed by atoms with Gasteiger partial charge in [-0.05, 0) is 18.3 Å². The lowest BCUT2D eigenvalue weighted by molar-refractivity contribution is -0.145. The van der Waals surface area contributed by atoms with E-state index >= 15 is 0 Å². The first kappa shape index (κ1) is 12.9. The molecular formula is C13H21N3O3. The number of carbonyl (C=O) groups is 2. The van der Waals surface area contributed by atoms with Crippen LogP contribution in [-0.2, 0) is 14.3 Å². The molecule has 6 nitrogen and oxygen atoms in total. The molecule has 0 aromatic carbocycles. The normalized spacial score (nSPS) is 30.4. The van der Waals surface area contributed by atoms with Gasteiger partial charge in [-0.15, -0.1) is 0 Å². The smallest absolute Gasteiger partial charge is 0.239 e. The van der Waals surface area contributed by atoms with E-state index in [4.69, 9.17) is 4.74 Å². The van der Waals surface area contributed by atoms with Crippen LogP contribution in [0.25, 0.3) is 0 Å². The molecule has 1 atom stereocenters. The van der Waals surface area contributed by atoms with Gasteiger partial charge < -0.3 is 20.3 Å². The summed E-state index contributed by atoms with van der Waals surface area (Å²) in [5.41, 5.74) is 0.0449. The van der Waals surface area contributed by atoms with Crippen molar-refractivity contribution in [3.05, 3.63) is 0 Å². The van der Waals surface area contributed by atoms with Gasteiger partial charge in [-0.1, -0.05) is 0 Å². The average Bonchev–Trinajstić information content (AvgIpc) is 2.82. The third-order valence-electron chi connectivity index (χ3n) is 4.70. The molecule has 2 amide bonds. The SMILES string of the molecule is O=C1CN(C(=O)C2CNCC23CCOCC3)CCN1. The lowest BCUT2D eigenvalue weighted by atomic mass is 9.71. The molecule has 0 bridgehead atoms. The molecule has 1 unspecified atom stereocenters. The molecule has 6 heteroatoms. The molecular weight excluding hydrogens is 246 g/mol. The molecule has 3 aliphatic rings. The summed E-state index contributed by atoms with van der Waals surface area (Å²) in [7, 11) is 0. The van der Waals surface area contributed by atoms with E-state index in [0.717, 1.165) is 39.1 Å². The minimum absolute atomic E-state index is 0.00213. The summed E-state index contributed by atoms with van der Waals surface area (Å²) in [6.07, 6.45) is 1.88. The Morgan fingerprint density at radius 1 is 1.37 bits per heavy atom. The predicted molar refractivity (Wildman–Crippen MR) is 68.4 cm³/mol. The summed E-state index contributed by atoms with van der Waals surface area (Å²) < 4.78 is 5.43. The molecule has 0 aliphatic carbocycles. The Labute approximate surface area is 112 Å². The molecule has 3 fully saturated rings. The molecule has 0 saturated carbocycles. The van der Waals surface area contributed by atoms with Gasteiger partial charge in [0.2, 0.25) is 11.8 Å². The Kier molecular flexibility index (Phi) is 3.45. The Balaban J connectivity index is 1.72. The van der Waals surface area contributed by atoms with E-state index in [9.17, 15) is 9.59 Å². The molecule has 3 aliphatic heterocycles. The Bertz CT molecular complexity index is 379. The Morgan fingerprint density at radius 3 is 2.89 bits per heavy atom. The second-order valence-electron chi connectivity index (χ2n) is 5.77. The summed E-state index contributed by atoms with van der Waals surface area (Å²) >= 11 is 0. The van der Waals surface area contributed by atoms with Crippen molar-refractivity contribution in [3.8, 4) is 0 Å². The van der Waals surface area contributed by atoms with Gasteiger partial charge in [-0.2, -0.15) is 0 Å². The summed E-state index contributed by atoms with van der Waals surface area (Å²) in [5.74, 6) is 0.0932. The van der Waals surface area contributed by atoms with Crippen LogP contribution >= 0.6 is 0 Å². The van der Waals surface area contributed by atoms with E-state index in [1.165, 1.54) is 0 Å². The summed E-state index contributed by atoms with van der Waals surface area (Å²) in [6, 6.07) is 0. The zero-order valence-electron chi connectivity index (χ0n) is 11.1. The van der Waals surface area contributed by atoms with Crippen LogP contribution in [-0.4, -0.2) is 62.7 Å². The molecule has 0 radical (unpaired) electrons. The highest BCUT2D eigenvalue weighted by Gasteiger charge is 2.48. The predicted octanol–water partition coefficient (Wildman–Crippen LogP) is -1.04. The quantitative estimate of drug-likeness (QED) is 0.637. The largest absolute Gasteiger partial charge is 0.381 e. The van der Waals surface area contributed by atoms with E-state index in [1.807, 2.05) is 0 Å². The van der Waals surface area contributed by atoms with Gasteiger partial charge in [0.15, 0.2) is 0 Å². The maximum absolute atomic E-state index is 12.7. The number of rotatable bonds is 1. The monoisotopic (exact) mass is 267 g/mol. The van der Waals surface area contributed by atoms with Gasteiger partial charge in [0.25, 0.3) is 0 Å². The molecule has 2 N–H and O–H groups in total. The van der Waals surface area contributed by atoms with Crippen LogP contribution in [0, 0.1) is 11.3 Å². The molecule has 19 heavy (non-hydrogen) atoms. The molecule has 106 valence electrons.